The van der Waals surface area contributed by atoms with Crippen LogP contribution >= 0.6 is 11.8 Å². The van der Waals surface area contributed by atoms with Crippen LogP contribution in [0.15, 0.2) is 11.8 Å². The normalized spacial score (nSPS) is 60.5. The predicted molar refractivity (Wildman–Crippen MR) is 69.0 cm³/mol. The van der Waals surface area contributed by atoms with Crippen LogP contribution in [0, 0.1) is 23.7 Å². The van der Waals surface area contributed by atoms with Crippen LogP contribution in [-0.4, -0.2) is 28.4 Å². The molecule has 4 saturated heterocycles. The van der Waals surface area contributed by atoms with Gasteiger partial charge in [0.05, 0.1) is 6.26 Å². The van der Waals surface area contributed by atoms with Crippen molar-refractivity contribution >= 4 is 17.7 Å². The third-order valence-corrected chi connectivity index (χ3v) is 6.78. The maximum atomic E-state index is 11.1. The molecule has 1 saturated carbocycles. The molecular weight excluding hydrogens is 280 g/mol. The molecule has 20 heavy (non-hydrogen) atoms. The van der Waals surface area contributed by atoms with Crippen LogP contribution in [0.25, 0.3) is 0 Å². The van der Waals surface area contributed by atoms with E-state index in [0.29, 0.717) is 11.8 Å². The molecule has 0 aromatic carbocycles. The van der Waals surface area contributed by atoms with Crippen LogP contribution in [0.5, 0.6) is 0 Å². The smallest absolute Gasteiger partial charge is 0.307 e. The molecule has 0 N–H and O–H groups in total. The number of hydrogen-bond donors (Lipinski definition) is 0. The van der Waals surface area contributed by atoms with E-state index in [1.165, 1.54) is 12.5 Å². The Labute approximate surface area is 121 Å². The zero-order chi connectivity index (χ0) is 13.9. The summed E-state index contributed by atoms with van der Waals surface area (Å²) in [7, 11) is 0. The van der Waals surface area contributed by atoms with E-state index in [4.69, 9.17) is 18.9 Å². The third-order valence-electron chi connectivity index (χ3n) is 5.46. The molecule has 8 atom stereocenters. The Morgan fingerprint density at radius 1 is 1.20 bits per heavy atom. The molecule has 5 nitrogen and oxygen atoms in total. The molecule has 5 rings (SSSR count). The van der Waals surface area contributed by atoms with Crippen LogP contribution in [0.2, 0.25) is 0 Å². The minimum atomic E-state index is -0.572. The molecule has 0 aromatic rings. The summed E-state index contributed by atoms with van der Waals surface area (Å²) in [4.78, 5) is 11.1. The van der Waals surface area contributed by atoms with Gasteiger partial charge in [0.2, 0.25) is 0 Å². The zero-order valence-electron chi connectivity index (χ0n) is 11.5. The van der Waals surface area contributed by atoms with E-state index in [-0.39, 0.29) is 28.7 Å². The quantitative estimate of drug-likeness (QED) is 0.543. The maximum absolute atomic E-state index is 11.1. The number of ether oxygens (including phenoxy) is 4. The Morgan fingerprint density at radius 3 is 2.25 bits per heavy atom. The van der Waals surface area contributed by atoms with Crippen molar-refractivity contribution in [3.05, 3.63) is 11.8 Å². The number of carbonyl (C=O) groups is 1. The Bertz CT molecular complexity index is 526. The molecule has 1 aliphatic carbocycles. The highest BCUT2D eigenvalue weighted by molar-refractivity contribution is 8.00. The summed E-state index contributed by atoms with van der Waals surface area (Å²) in [5.74, 6) is -0.277. The molecule has 0 aromatic heterocycles. The second-order valence-corrected chi connectivity index (χ2v) is 7.77. The molecule has 0 spiro atoms. The van der Waals surface area contributed by atoms with Gasteiger partial charge in [0, 0.05) is 30.6 Å². The summed E-state index contributed by atoms with van der Waals surface area (Å²) in [6.07, 6.45) is 1.65. The van der Waals surface area contributed by atoms with Gasteiger partial charge < -0.3 is 18.9 Å². The lowest BCUT2D eigenvalue weighted by Gasteiger charge is -2.36. The maximum Gasteiger partial charge on any atom is 0.307 e. The number of rotatable bonds is 1. The van der Waals surface area contributed by atoms with E-state index in [1.807, 2.05) is 13.8 Å². The van der Waals surface area contributed by atoms with Gasteiger partial charge in [-0.15, -0.1) is 0 Å². The van der Waals surface area contributed by atoms with Gasteiger partial charge in [-0.05, 0) is 19.4 Å². The first kappa shape index (κ1) is 12.0. The van der Waals surface area contributed by atoms with E-state index in [1.54, 1.807) is 18.0 Å². The molecule has 4 heterocycles. The topological polar surface area (TPSA) is 54.0 Å². The number of thioether (sulfide) groups is 1. The summed E-state index contributed by atoms with van der Waals surface area (Å²) < 4.78 is 23.7. The molecule has 0 radical (unpaired) electrons. The average Bonchev–Trinajstić information content (AvgIpc) is 2.91. The zero-order valence-corrected chi connectivity index (χ0v) is 12.3. The lowest BCUT2D eigenvalue weighted by molar-refractivity contribution is -0.304. The van der Waals surface area contributed by atoms with Gasteiger partial charge in [-0.25, -0.2) is 0 Å². The van der Waals surface area contributed by atoms with Crippen molar-refractivity contribution in [3.63, 3.8) is 0 Å². The second-order valence-electron chi connectivity index (χ2n) is 6.57. The van der Waals surface area contributed by atoms with Crippen molar-refractivity contribution in [1.82, 2.24) is 0 Å². The van der Waals surface area contributed by atoms with Crippen molar-refractivity contribution in [2.75, 3.05) is 0 Å². The van der Waals surface area contributed by atoms with Crippen LogP contribution in [-0.2, 0) is 23.7 Å². The lowest BCUT2D eigenvalue weighted by atomic mass is 9.83. The van der Waals surface area contributed by atoms with Crippen molar-refractivity contribution in [3.8, 4) is 0 Å². The Kier molecular flexibility index (Phi) is 1.96. The van der Waals surface area contributed by atoms with Crippen LogP contribution in [0.1, 0.15) is 20.8 Å². The number of esters is 1. The lowest BCUT2D eigenvalue weighted by Crippen LogP contribution is -2.39. The standard InChI is InChI=1S/C14H16O5S/c1-5(15)16-4-6-7-9-10-8(6)12-18-14(10,3)19-13(9,2)17-11(7)20-12/h4,7-12H,1-3H3. The molecule has 0 amide bonds. The minimum absolute atomic E-state index is 0.0444. The fourth-order valence-corrected chi connectivity index (χ4v) is 6.81. The molecular formula is C14H16O5S. The summed E-state index contributed by atoms with van der Waals surface area (Å²) >= 11 is 1.76. The third kappa shape index (κ3) is 1.14. The molecule has 5 aliphatic rings. The Balaban J connectivity index is 1.66. The van der Waals surface area contributed by atoms with Crippen molar-refractivity contribution in [2.24, 2.45) is 23.7 Å². The van der Waals surface area contributed by atoms with Gasteiger partial charge in [-0.1, -0.05) is 11.8 Å². The highest BCUT2D eigenvalue weighted by atomic mass is 32.2. The van der Waals surface area contributed by atoms with Gasteiger partial charge in [0.25, 0.3) is 0 Å². The van der Waals surface area contributed by atoms with Gasteiger partial charge in [0.1, 0.15) is 10.9 Å². The summed E-state index contributed by atoms with van der Waals surface area (Å²) in [5, 5.41) is 0. The summed E-state index contributed by atoms with van der Waals surface area (Å²) in [5.41, 5.74) is 1.27. The molecule has 5 fully saturated rings. The van der Waals surface area contributed by atoms with Crippen molar-refractivity contribution in [2.45, 2.75) is 43.2 Å². The van der Waals surface area contributed by atoms with Gasteiger partial charge >= 0.3 is 5.97 Å². The highest BCUT2D eigenvalue weighted by Crippen LogP contribution is 2.76. The van der Waals surface area contributed by atoms with E-state index < -0.39 is 11.6 Å². The summed E-state index contributed by atoms with van der Waals surface area (Å²) in [6.45, 7) is 5.46. The fourth-order valence-electron chi connectivity index (χ4n) is 5.06. The fraction of sp³-hybridized carbons (Fsp3) is 0.786. The van der Waals surface area contributed by atoms with Crippen LogP contribution in [0.4, 0.5) is 0 Å². The average molecular weight is 296 g/mol. The number of hydrogen-bond acceptors (Lipinski definition) is 6. The Morgan fingerprint density at radius 2 is 1.75 bits per heavy atom. The first-order chi connectivity index (χ1) is 9.43. The molecule has 4 aliphatic heterocycles. The monoisotopic (exact) mass is 296 g/mol. The van der Waals surface area contributed by atoms with E-state index in [9.17, 15) is 4.79 Å². The second kappa shape index (κ2) is 3.27. The van der Waals surface area contributed by atoms with Crippen LogP contribution < -0.4 is 0 Å². The molecule has 8 unspecified atom stereocenters. The van der Waals surface area contributed by atoms with E-state index in [0.717, 1.165) is 0 Å². The van der Waals surface area contributed by atoms with Crippen molar-refractivity contribution in [1.29, 1.82) is 0 Å². The SMILES string of the molecule is CC(=O)OC=C1C2C3OC4(C)OC5(C)OC(S3)C1C5C24. The van der Waals surface area contributed by atoms with Gasteiger partial charge in [-0.3, -0.25) is 4.79 Å². The van der Waals surface area contributed by atoms with Gasteiger partial charge in [-0.2, -0.15) is 0 Å². The largest absolute Gasteiger partial charge is 0.435 e. The molecule has 108 valence electrons. The van der Waals surface area contributed by atoms with E-state index in [2.05, 4.69) is 0 Å². The van der Waals surface area contributed by atoms with E-state index >= 15 is 0 Å². The first-order valence-electron chi connectivity index (χ1n) is 7.01. The summed E-state index contributed by atoms with van der Waals surface area (Å²) in [6, 6.07) is 0. The van der Waals surface area contributed by atoms with Gasteiger partial charge in [0.15, 0.2) is 11.6 Å². The number of carbonyl (C=O) groups excluding carboxylic acids is 1. The van der Waals surface area contributed by atoms with Crippen LogP contribution in [0.3, 0.4) is 0 Å². The molecule has 2 bridgehead atoms. The predicted octanol–water partition coefficient (Wildman–Crippen LogP) is 1.83. The Hall–Kier alpha value is -0.560. The minimum Gasteiger partial charge on any atom is -0.435 e. The highest BCUT2D eigenvalue weighted by Gasteiger charge is 2.81. The first-order valence-corrected chi connectivity index (χ1v) is 7.96. The molecule has 6 heteroatoms. The van der Waals surface area contributed by atoms with Crippen molar-refractivity contribution < 1.29 is 23.7 Å².